The van der Waals surface area contributed by atoms with E-state index < -0.39 is 0 Å². The van der Waals surface area contributed by atoms with Gasteiger partial charge in [0.15, 0.2) is 10.8 Å². The summed E-state index contributed by atoms with van der Waals surface area (Å²) in [4.78, 5) is 4.72. The van der Waals surface area contributed by atoms with E-state index in [0.717, 1.165) is 32.8 Å². The van der Waals surface area contributed by atoms with Crippen LogP contribution < -0.4 is 0 Å². The molecule has 0 unspecified atom stereocenters. The number of thiazole rings is 1. The highest BCUT2D eigenvalue weighted by Gasteiger charge is 2.18. The summed E-state index contributed by atoms with van der Waals surface area (Å²) in [6, 6.07) is 14.3. The van der Waals surface area contributed by atoms with Crippen LogP contribution >= 0.6 is 27.3 Å². The first kappa shape index (κ1) is 13.0. The number of benzene rings is 2. The van der Waals surface area contributed by atoms with Crippen LogP contribution in [0.15, 0.2) is 51.4 Å². The Morgan fingerprint density at radius 1 is 1.19 bits per heavy atom. The lowest BCUT2D eigenvalue weighted by Gasteiger charge is -1.95. The molecule has 0 aliphatic heterocycles. The van der Waals surface area contributed by atoms with Gasteiger partial charge in [0.1, 0.15) is 5.58 Å². The minimum absolute atomic E-state index is 0.909. The summed E-state index contributed by atoms with van der Waals surface area (Å²) in [5.74, 6) is 0.909. The maximum atomic E-state index is 6.09. The standard InChI is InChI=1S/C17H12BrNOS/c1-2-11-12-9-10(18)7-8-14(12)20-16(11)17-19-13-5-3-4-6-15(13)21-17/h3-9H,2H2,1H3. The third-order valence-corrected chi connectivity index (χ3v) is 5.12. The molecule has 2 aromatic carbocycles. The molecule has 4 rings (SSSR count). The van der Waals surface area contributed by atoms with Crippen molar-refractivity contribution in [3.05, 3.63) is 52.5 Å². The molecule has 2 nitrogen and oxygen atoms in total. The Hall–Kier alpha value is -1.65. The second-order valence-corrected chi connectivity index (χ2v) is 6.84. The smallest absolute Gasteiger partial charge is 0.167 e. The van der Waals surface area contributed by atoms with E-state index in [9.17, 15) is 0 Å². The number of nitrogens with zero attached hydrogens (tertiary/aromatic N) is 1. The number of aryl methyl sites for hydroxylation is 1. The lowest BCUT2D eigenvalue weighted by atomic mass is 10.1. The molecule has 21 heavy (non-hydrogen) atoms. The highest BCUT2D eigenvalue weighted by Crippen LogP contribution is 2.38. The molecule has 0 atom stereocenters. The number of hydrogen-bond donors (Lipinski definition) is 0. The summed E-state index contributed by atoms with van der Waals surface area (Å²) >= 11 is 5.22. The van der Waals surface area contributed by atoms with Gasteiger partial charge < -0.3 is 4.42 Å². The second-order valence-electron chi connectivity index (χ2n) is 4.89. The molecule has 2 heterocycles. The maximum absolute atomic E-state index is 6.09. The molecular weight excluding hydrogens is 346 g/mol. The van der Waals surface area contributed by atoms with Gasteiger partial charge in [0.25, 0.3) is 0 Å². The van der Waals surface area contributed by atoms with E-state index in [1.165, 1.54) is 15.6 Å². The summed E-state index contributed by atoms with van der Waals surface area (Å²) in [5.41, 5.74) is 3.18. The molecule has 0 aliphatic carbocycles. The zero-order valence-corrected chi connectivity index (χ0v) is 13.8. The van der Waals surface area contributed by atoms with Crippen LogP contribution in [0.25, 0.3) is 32.0 Å². The van der Waals surface area contributed by atoms with Gasteiger partial charge in [-0.15, -0.1) is 11.3 Å². The van der Waals surface area contributed by atoms with Crippen molar-refractivity contribution in [1.29, 1.82) is 0 Å². The maximum Gasteiger partial charge on any atom is 0.167 e. The molecule has 0 N–H and O–H groups in total. The quantitative estimate of drug-likeness (QED) is 0.437. The fourth-order valence-electron chi connectivity index (χ4n) is 2.61. The largest absolute Gasteiger partial charge is 0.453 e. The number of halogens is 1. The Morgan fingerprint density at radius 2 is 2.05 bits per heavy atom. The molecule has 4 heteroatoms. The number of hydrogen-bond acceptors (Lipinski definition) is 3. The van der Waals surface area contributed by atoms with Crippen molar-refractivity contribution in [2.75, 3.05) is 0 Å². The fraction of sp³-hybridized carbons (Fsp3) is 0.118. The van der Waals surface area contributed by atoms with E-state index in [2.05, 4.69) is 35.0 Å². The van der Waals surface area contributed by atoms with Crippen LogP contribution in [-0.4, -0.2) is 4.98 Å². The Bertz CT molecular complexity index is 921. The van der Waals surface area contributed by atoms with Crippen molar-refractivity contribution >= 4 is 48.5 Å². The van der Waals surface area contributed by atoms with E-state index in [4.69, 9.17) is 9.40 Å². The molecule has 0 spiro atoms. The number of para-hydroxylation sites is 1. The average Bonchev–Trinajstić information content (AvgIpc) is 3.07. The highest BCUT2D eigenvalue weighted by atomic mass is 79.9. The molecule has 0 saturated heterocycles. The Labute approximate surface area is 134 Å². The molecule has 0 amide bonds. The number of furan rings is 1. The van der Waals surface area contributed by atoms with E-state index in [-0.39, 0.29) is 0 Å². The Balaban J connectivity index is 2.00. The normalized spacial score (nSPS) is 11.5. The molecule has 0 aliphatic rings. The molecule has 0 bridgehead atoms. The topological polar surface area (TPSA) is 26.0 Å². The van der Waals surface area contributed by atoms with Gasteiger partial charge in [0, 0.05) is 15.4 Å². The first-order chi connectivity index (χ1) is 10.3. The number of fused-ring (bicyclic) bond motifs is 2. The molecular formula is C17H12BrNOS. The third-order valence-electron chi connectivity index (χ3n) is 3.59. The van der Waals surface area contributed by atoms with Crippen LogP contribution in [0.1, 0.15) is 12.5 Å². The Morgan fingerprint density at radius 3 is 2.86 bits per heavy atom. The van der Waals surface area contributed by atoms with Gasteiger partial charge in [0.2, 0.25) is 0 Å². The van der Waals surface area contributed by atoms with Gasteiger partial charge in [-0.05, 0) is 36.8 Å². The fourth-order valence-corrected chi connectivity index (χ4v) is 3.95. The van der Waals surface area contributed by atoms with Crippen molar-refractivity contribution in [1.82, 2.24) is 4.98 Å². The lowest BCUT2D eigenvalue weighted by molar-refractivity contribution is 0.627. The molecule has 104 valence electrons. The van der Waals surface area contributed by atoms with Crippen molar-refractivity contribution < 1.29 is 4.42 Å². The summed E-state index contributed by atoms with van der Waals surface area (Å²) in [6.07, 6.45) is 0.925. The van der Waals surface area contributed by atoms with Crippen molar-refractivity contribution in [2.45, 2.75) is 13.3 Å². The van der Waals surface area contributed by atoms with E-state index in [1.807, 2.05) is 30.3 Å². The van der Waals surface area contributed by atoms with E-state index in [1.54, 1.807) is 11.3 Å². The van der Waals surface area contributed by atoms with Crippen LogP contribution in [0.4, 0.5) is 0 Å². The number of rotatable bonds is 2. The SMILES string of the molecule is CCc1c(-c2nc3ccccc3s2)oc2ccc(Br)cc12. The van der Waals surface area contributed by atoms with Gasteiger partial charge >= 0.3 is 0 Å². The van der Waals surface area contributed by atoms with E-state index >= 15 is 0 Å². The molecule has 0 saturated carbocycles. The van der Waals surface area contributed by atoms with Gasteiger partial charge in [-0.3, -0.25) is 0 Å². The van der Waals surface area contributed by atoms with Crippen molar-refractivity contribution in [3.63, 3.8) is 0 Å². The summed E-state index contributed by atoms with van der Waals surface area (Å²) < 4.78 is 8.35. The van der Waals surface area contributed by atoms with Crippen LogP contribution in [0.2, 0.25) is 0 Å². The second kappa shape index (κ2) is 4.97. The Kier molecular flexibility index (Phi) is 3.08. The third kappa shape index (κ3) is 2.10. The first-order valence-electron chi connectivity index (χ1n) is 6.83. The summed E-state index contributed by atoms with van der Waals surface area (Å²) in [5, 5.41) is 2.13. The monoisotopic (exact) mass is 357 g/mol. The molecule has 2 aromatic heterocycles. The number of aromatic nitrogens is 1. The van der Waals surface area contributed by atoms with Gasteiger partial charge in [-0.25, -0.2) is 4.98 Å². The van der Waals surface area contributed by atoms with Crippen LogP contribution in [0.5, 0.6) is 0 Å². The van der Waals surface area contributed by atoms with Crippen molar-refractivity contribution in [3.8, 4) is 10.8 Å². The minimum Gasteiger partial charge on any atom is -0.453 e. The average molecular weight is 358 g/mol. The predicted octanol–water partition coefficient (Wildman–Crippen LogP) is 6.03. The highest BCUT2D eigenvalue weighted by molar-refractivity contribution is 9.10. The predicted molar refractivity (Wildman–Crippen MR) is 91.9 cm³/mol. The van der Waals surface area contributed by atoms with Crippen LogP contribution in [0, 0.1) is 0 Å². The van der Waals surface area contributed by atoms with E-state index in [0.29, 0.717) is 0 Å². The lowest BCUT2D eigenvalue weighted by Crippen LogP contribution is -1.82. The molecule has 4 aromatic rings. The zero-order valence-electron chi connectivity index (χ0n) is 11.4. The molecule has 0 fully saturated rings. The molecule has 0 radical (unpaired) electrons. The first-order valence-corrected chi connectivity index (χ1v) is 8.44. The minimum atomic E-state index is 0.909. The summed E-state index contributed by atoms with van der Waals surface area (Å²) in [6.45, 7) is 2.15. The van der Waals surface area contributed by atoms with Crippen molar-refractivity contribution in [2.24, 2.45) is 0 Å². The van der Waals surface area contributed by atoms with Gasteiger partial charge in [-0.1, -0.05) is 35.0 Å². The van der Waals surface area contributed by atoms with Crippen LogP contribution in [0.3, 0.4) is 0 Å². The van der Waals surface area contributed by atoms with Gasteiger partial charge in [0.05, 0.1) is 10.2 Å². The summed E-state index contributed by atoms with van der Waals surface area (Å²) in [7, 11) is 0. The zero-order chi connectivity index (χ0) is 14.4. The van der Waals surface area contributed by atoms with Gasteiger partial charge in [-0.2, -0.15) is 0 Å². The van der Waals surface area contributed by atoms with Crippen LogP contribution in [-0.2, 0) is 6.42 Å².